The van der Waals surface area contributed by atoms with Crippen molar-refractivity contribution < 1.29 is 0 Å². The lowest BCUT2D eigenvalue weighted by atomic mass is 9.79. The highest BCUT2D eigenvalue weighted by Crippen LogP contribution is 2.52. The van der Waals surface area contributed by atoms with Crippen LogP contribution in [0.15, 0.2) is 206 Å². The molecule has 0 radical (unpaired) electrons. The molecule has 1 aliphatic rings. The lowest BCUT2D eigenvalue weighted by Gasteiger charge is -2.24. The van der Waals surface area contributed by atoms with Gasteiger partial charge in [-0.3, -0.25) is 0 Å². The Balaban J connectivity index is 1.00. The second kappa shape index (κ2) is 13.9. The maximum atomic E-state index is 5.26. The van der Waals surface area contributed by atoms with Gasteiger partial charge in [0.1, 0.15) is 0 Å². The number of rotatable bonds is 6. The average molecular weight is 753 g/mol. The average Bonchev–Trinajstić information content (AvgIpc) is 3.54. The van der Waals surface area contributed by atoms with E-state index >= 15 is 0 Å². The summed E-state index contributed by atoms with van der Waals surface area (Å²) in [6.07, 6.45) is 0. The zero-order valence-corrected chi connectivity index (χ0v) is 33.0. The highest BCUT2D eigenvalue weighted by Gasteiger charge is 2.37. The Morgan fingerprint density at radius 3 is 1.59 bits per heavy atom. The van der Waals surface area contributed by atoms with Gasteiger partial charge in [-0.15, -0.1) is 0 Å². The molecule has 0 bridgehead atoms. The van der Waals surface area contributed by atoms with Crippen molar-refractivity contribution in [3.8, 4) is 78.4 Å². The highest BCUT2D eigenvalue weighted by atomic mass is 14.9. The van der Waals surface area contributed by atoms with E-state index in [-0.39, 0.29) is 5.41 Å². The van der Waals surface area contributed by atoms with Crippen LogP contribution in [0.2, 0.25) is 0 Å². The highest BCUT2D eigenvalue weighted by molar-refractivity contribution is 6.06. The van der Waals surface area contributed by atoms with Crippen molar-refractivity contribution in [2.45, 2.75) is 19.3 Å². The molecule has 0 unspecified atom stereocenters. The lowest BCUT2D eigenvalue weighted by Crippen LogP contribution is -2.15. The van der Waals surface area contributed by atoms with Gasteiger partial charge in [-0.05, 0) is 95.4 Å². The van der Waals surface area contributed by atoms with Gasteiger partial charge < -0.3 is 0 Å². The molecule has 1 aliphatic carbocycles. The van der Waals surface area contributed by atoms with Crippen LogP contribution >= 0.6 is 0 Å². The van der Waals surface area contributed by atoms with Crippen LogP contribution in [0.5, 0.6) is 0 Å². The van der Waals surface area contributed by atoms with Crippen LogP contribution in [0, 0.1) is 0 Å². The molecule has 2 heteroatoms. The van der Waals surface area contributed by atoms with Gasteiger partial charge >= 0.3 is 0 Å². The predicted octanol–water partition coefficient (Wildman–Crippen LogP) is 15.1. The summed E-state index contributed by atoms with van der Waals surface area (Å²) in [5.74, 6) is 0.707. The summed E-state index contributed by atoms with van der Waals surface area (Å²) in [4.78, 5) is 10.4. The Morgan fingerprint density at radius 1 is 0.322 bits per heavy atom. The van der Waals surface area contributed by atoms with Crippen molar-refractivity contribution in [1.29, 1.82) is 0 Å². The maximum Gasteiger partial charge on any atom is 0.160 e. The Kier molecular flexibility index (Phi) is 8.20. The molecule has 1 heterocycles. The summed E-state index contributed by atoms with van der Waals surface area (Å²) < 4.78 is 0. The molecule has 0 saturated carbocycles. The largest absolute Gasteiger partial charge is 0.228 e. The van der Waals surface area contributed by atoms with Crippen molar-refractivity contribution in [2.75, 3.05) is 0 Å². The van der Waals surface area contributed by atoms with E-state index in [0.717, 1.165) is 39.0 Å². The fourth-order valence-corrected chi connectivity index (χ4v) is 9.33. The van der Waals surface area contributed by atoms with Gasteiger partial charge in [-0.2, -0.15) is 0 Å². The minimum atomic E-state index is -0.132. The number of hydrogen-bond donors (Lipinski definition) is 0. The number of hydrogen-bond acceptors (Lipinski definition) is 2. The molecule has 10 aromatic rings. The second-order valence-corrected chi connectivity index (χ2v) is 16.2. The third kappa shape index (κ3) is 5.96. The molecule has 0 saturated heterocycles. The number of fused-ring (bicyclic) bond motifs is 6. The summed E-state index contributed by atoms with van der Waals surface area (Å²) >= 11 is 0. The lowest BCUT2D eigenvalue weighted by molar-refractivity contribution is 0.666. The van der Waals surface area contributed by atoms with E-state index in [1.807, 2.05) is 18.2 Å². The van der Waals surface area contributed by atoms with Gasteiger partial charge in [-0.1, -0.05) is 202 Å². The van der Waals surface area contributed by atoms with Crippen LogP contribution in [0.25, 0.3) is 100.0 Å². The van der Waals surface area contributed by atoms with Crippen LogP contribution in [0.3, 0.4) is 0 Å². The minimum Gasteiger partial charge on any atom is -0.228 e. The Bertz CT molecular complexity index is 3220. The van der Waals surface area contributed by atoms with E-state index in [0.29, 0.717) is 5.82 Å². The van der Waals surface area contributed by atoms with Crippen molar-refractivity contribution in [3.05, 3.63) is 217 Å². The summed E-state index contributed by atoms with van der Waals surface area (Å²) in [5.41, 5.74) is 17.4. The normalized spacial score (nSPS) is 12.7. The topological polar surface area (TPSA) is 25.8 Å². The molecule has 0 spiro atoms. The number of nitrogens with zero attached hydrogens (tertiary/aromatic N) is 2. The van der Waals surface area contributed by atoms with Crippen LogP contribution in [-0.2, 0) is 5.41 Å². The van der Waals surface area contributed by atoms with Crippen LogP contribution < -0.4 is 0 Å². The van der Waals surface area contributed by atoms with E-state index in [1.165, 1.54) is 66.2 Å². The third-order valence-corrected chi connectivity index (χ3v) is 12.3. The quantitative estimate of drug-likeness (QED) is 0.169. The first kappa shape index (κ1) is 34.8. The molecule has 11 rings (SSSR count). The van der Waals surface area contributed by atoms with E-state index in [4.69, 9.17) is 9.97 Å². The Labute approximate surface area is 345 Å². The van der Waals surface area contributed by atoms with Crippen molar-refractivity contribution in [3.63, 3.8) is 0 Å². The van der Waals surface area contributed by atoms with Gasteiger partial charge in [0.05, 0.1) is 11.4 Å². The van der Waals surface area contributed by atoms with Gasteiger partial charge in [-0.25, -0.2) is 9.97 Å². The molecule has 0 N–H and O–H groups in total. The first-order valence-electron chi connectivity index (χ1n) is 20.4. The van der Waals surface area contributed by atoms with Crippen LogP contribution in [0.4, 0.5) is 0 Å². The molecular formula is C57H40N2. The first-order valence-corrected chi connectivity index (χ1v) is 20.4. The third-order valence-electron chi connectivity index (χ3n) is 12.3. The molecule has 9 aromatic carbocycles. The molecule has 278 valence electrons. The van der Waals surface area contributed by atoms with Crippen molar-refractivity contribution >= 4 is 21.5 Å². The molecule has 59 heavy (non-hydrogen) atoms. The molecule has 2 nitrogen and oxygen atoms in total. The van der Waals surface area contributed by atoms with E-state index in [9.17, 15) is 0 Å². The molecule has 0 fully saturated rings. The van der Waals surface area contributed by atoms with Gasteiger partial charge in [0.15, 0.2) is 5.82 Å². The van der Waals surface area contributed by atoms with Crippen molar-refractivity contribution in [1.82, 2.24) is 9.97 Å². The predicted molar refractivity (Wildman–Crippen MR) is 247 cm³/mol. The van der Waals surface area contributed by atoms with E-state index in [1.54, 1.807) is 0 Å². The fraction of sp³-hybridized carbons (Fsp3) is 0.0526. The van der Waals surface area contributed by atoms with Gasteiger partial charge in [0, 0.05) is 22.1 Å². The molecule has 0 atom stereocenters. The van der Waals surface area contributed by atoms with Gasteiger partial charge in [0.25, 0.3) is 0 Å². The van der Waals surface area contributed by atoms with Crippen LogP contribution in [0.1, 0.15) is 25.0 Å². The molecule has 1 aromatic heterocycles. The Morgan fingerprint density at radius 2 is 0.847 bits per heavy atom. The summed E-state index contributed by atoms with van der Waals surface area (Å²) in [6, 6.07) is 74.3. The minimum absolute atomic E-state index is 0.132. The zero-order valence-electron chi connectivity index (χ0n) is 33.0. The molecular weight excluding hydrogens is 713 g/mol. The standard InChI is InChI=1S/C57H40N2/c1-57(2)52-35-44(29-30-49(52)51-31-28-39-16-9-10-21-46(39)55(51)57)45-32-33-50(48-23-12-11-22-47(45)48)54-36-53(58-56(59-54)41-17-7-4-8-18-41)40-26-24-38(25-27-40)43-20-13-19-42(34-43)37-14-5-3-6-15-37/h3-36H,1-2H3. The summed E-state index contributed by atoms with van der Waals surface area (Å²) in [7, 11) is 0. The number of benzene rings is 9. The monoisotopic (exact) mass is 752 g/mol. The zero-order chi connectivity index (χ0) is 39.5. The fourth-order valence-electron chi connectivity index (χ4n) is 9.33. The molecule has 0 aliphatic heterocycles. The smallest absolute Gasteiger partial charge is 0.160 e. The van der Waals surface area contributed by atoms with Crippen LogP contribution in [-0.4, -0.2) is 9.97 Å². The van der Waals surface area contributed by atoms with E-state index < -0.39 is 0 Å². The first-order chi connectivity index (χ1) is 29.0. The SMILES string of the molecule is CC1(C)c2cc(-c3ccc(-c4cc(-c5ccc(-c6cccc(-c7ccccc7)c6)cc5)nc(-c5ccccc5)n4)c4ccccc34)ccc2-c2ccc3ccccc3c21. The summed E-state index contributed by atoms with van der Waals surface area (Å²) in [5, 5.41) is 4.99. The Hall–Kier alpha value is -7.42. The van der Waals surface area contributed by atoms with Crippen molar-refractivity contribution in [2.24, 2.45) is 0 Å². The molecule has 0 amide bonds. The summed E-state index contributed by atoms with van der Waals surface area (Å²) in [6.45, 7) is 4.76. The number of aromatic nitrogens is 2. The van der Waals surface area contributed by atoms with E-state index in [2.05, 4.69) is 202 Å². The van der Waals surface area contributed by atoms with Gasteiger partial charge in [0.2, 0.25) is 0 Å². The maximum absolute atomic E-state index is 5.26. The second-order valence-electron chi connectivity index (χ2n) is 16.2.